The molecular formula is C13H16F2N4. The number of rotatable bonds is 5. The zero-order valence-corrected chi connectivity index (χ0v) is 10.6. The number of aryl methyl sites for hydroxylation is 1. The fraction of sp³-hybridized carbons (Fsp3) is 0.308. The number of imidazole rings is 1. The predicted molar refractivity (Wildman–Crippen MR) is 68.0 cm³/mol. The number of hydrogen-bond acceptors (Lipinski definition) is 3. The largest absolute Gasteiger partial charge is 0.334 e. The molecule has 0 fully saturated rings. The second-order valence-electron chi connectivity index (χ2n) is 4.20. The SMILES string of the molecule is CCn1ccnc1C(Cc1c(F)cccc1F)NN. The van der Waals surface area contributed by atoms with E-state index < -0.39 is 17.7 Å². The van der Waals surface area contributed by atoms with E-state index in [0.29, 0.717) is 12.4 Å². The van der Waals surface area contributed by atoms with E-state index in [-0.39, 0.29) is 12.0 Å². The fourth-order valence-corrected chi connectivity index (χ4v) is 2.05. The van der Waals surface area contributed by atoms with E-state index in [2.05, 4.69) is 10.4 Å². The van der Waals surface area contributed by atoms with Gasteiger partial charge in [-0.1, -0.05) is 6.07 Å². The van der Waals surface area contributed by atoms with Crippen molar-refractivity contribution in [1.29, 1.82) is 0 Å². The topological polar surface area (TPSA) is 55.9 Å². The summed E-state index contributed by atoms with van der Waals surface area (Å²) in [6.45, 7) is 2.68. The Kier molecular flexibility index (Phi) is 4.24. The number of hydrazine groups is 1. The van der Waals surface area contributed by atoms with Gasteiger partial charge in [-0.3, -0.25) is 5.84 Å². The van der Waals surface area contributed by atoms with E-state index in [4.69, 9.17) is 5.84 Å². The number of halogens is 2. The summed E-state index contributed by atoms with van der Waals surface area (Å²) in [5.41, 5.74) is 2.58. The van der Waals surface area contributed by atoms with E-state index >= 15 is 0 Å². The molecule has 0 aliphatic carbocycles. The first-order chi connectivity index (χ1) is 9.17. The van der Waals surface area contributed by atoms with Crippen molar-refractivity contribution < 1.29 is 8.78 Å². The van der Waals surface area contributed by atoms with Crippen LogP contribution in [-0.2, 0) is 13.0 Å². The molecule has 1 heterocycles. The van der Waals surface area contributed by atoms with Gasteiger partial charge < -0.3 is 4.57 Å². The molecule has 0 saturated carbocycles. The van der Waals surface area contributed by atoms with Crippen molar-refractivity contribution in [2.45, 2.75) is 25.9 Å². The van der Waals surface area contributed by atoms with Gasteiger partial charge in [-0.2, -0.15) is 0 Å². The first kappa shape index (κ1) is 13.6. The fourth-order valence-electron chi connectivity index (χ4n) is 2.05. The summed E-state index contributed by atoms with van der Waals surface area (Å²) in [4.78, 5) is 4.19. The standard InChI is InChI=1S/C13H16F2N4/c1-2-19-7-6-17-13(19)12(18-16)8-9-10(14)4-3-5-11(9)15/h3-7,12,18H,2,8,16H2,1H3. The van der Waals surface area contributed by atoms with Gasteiger partial charge in [-0.05, 0) is 19.1 Å². The lowest BCUT2D eigenvalue weighted by molar-refractivity contribution is 0.468. The van der Waals surface area contributed by atoms with Crippen LogP contribution in [0.1, 0.15) is 24.4 Å². The van der Waals surface area contributed by atoms with Crippen LogP contribution in [0.2, 0.25) is 0 Å². The van der Waals surface area contributed by atoms with Crippen LogP contribution in [0.4, 0.5) is 8.78 Å². The van der Waals surface area contributed by atoms with E-state index in [9.17, 15) is 8.78 Å². The van der Waals surface area contributed by atoms with Gasteiger partial charge in [0.2, 0.25) is 0 Å². The third-order valence-corrected chi connectivity index (χ3v) is 3.07. The quantitative estimate of drug-likeness (QED) is 0.642. The highest BCUT2D eigenvalue weighted by Gasteiger charge is 2.19. The first-order valence-corrected chi connectivity index (χ1v) is 6.07. The molecule has 0 aliphatic rings. The molecule has 4 nitrogen and oxygen atoms in total. The molecule has 0 saturated heterocycles. The summed E-state index contributed by atoms with van der Waals surface area (Å²) in [7, 11) is 0. The maximum atomic E-state index is 13.6. The van der Waals surface area contributed by atoms with Crippen LogP contribution < -0.4 is 11.3 Å². The van der Waals surface area contributed by atoms with Crippen molar-refractivity contribution in [3.8, 4) is 0 Å². The summed E-state index contributed by atoms with van der Waals surface area (Å²) in [5, 5.41) is 0. The van der Waals surface area contributed by atoms with Crippen molar-refractivity contribution in [2.75, 3.05) is 0 Å². The first-order valence-electron chi connectivity index (χ1n) is 6.07. The van der Waals surface area contributed by atoms with Crippen molar-refractivity contribution >= 4 is 0 Å². The van der Waals surface area contributed by atoms with Gasteiger partial charge >= 0.3 is 0 Å². The minimum absolute atomic E-state index is 0.0103. The van der Waals surface area contributed by atoms with Crippen molar-refractivity contribution in [3.63, 3.8) is 0 Å². The summed E-state index contributed by atoms with van der Waals surface area (Å²) in [6.07, 6.45) is 3.55. The van der Waals surface area contributed by atoms with Crippen molar-refractivity contribution in [3.05, 3.63) is 53.6 Å². The molecule has 1 aromatic heterocycles. The van der Waals surface area contributed by atoms with Crippen molar-refractivity contribution in [1.82, 2.24) is 15.0 Å². The molecule has 19 heavy (non-hydrogen) atoms. The van der Waals surface area contributed by atoms with Gasteiger partial charge in [0.05, 0.1) is 6.04 Å². The lowest BCUT2D eigenvalue weighted by Crippen LogP contribution is -2.32. The second-order valence-corrected chi connectivity index (χ2v) is 4.20. The molecule has 0 radical (unpaired) electrons. The van der Waals surface area contributed by atoms with Gasteiger partial charge in [0.25, 0.3) is 0 Å². The highest BCUT2D eigenvalue weighted by atomic mass is 19.1. The summed E-state index contributed by atoms with van der Waals surface area (Å²) in [5.74, 6) is 5.00. The number of hydrogen-bond donors (Lipinski definition) is 2. The molecule has 0 aliphatic heterocycles. The van der Waals surface area contributed by atoms with Crippen LogP contribution in [0.25, 0.3) is 0 Å². The minimum Gasteiger partial charge on any atom is -0.334 e. The smallest absolute Gasteiger partial charge is 0.129 e. The Balaban J connectivity index is 2.29. The molecule has 0 bridgehead atoms. The number of nitrogens with zero attached hydrogens (tertiary/aromatic N) is 2. The third-order valence-electron chi connectivity index (χ3n) is 3.07. The lowest BCUT2D eigenvalue weighted by atomic mass is 10.0. The molecule has 2 rings (SSSR count). The number of aromatic nitrogens is 2. The van der Waals surface area contributed by atoms with Gasteiger partial charge in [0.1, 0.15) is 17.5 Å². The van der Waals surface area contributed by atoms with Gasteiger partial charge in [0, 0.05) is 30.9 Å². The summed E-state index contributed by atoms with van der Waals surface area (Å²) < 4.78 is 29.1. The van der Waals surface area contributed by atoms with Crippen molar-refractivity contribution in [2.24, 2.45) is 5.84 Å². The van der Waals surface area contributed by atoms with E-state index in [1.165, 1.54) is 18.2 Å². The number of nitrogens with one attached hydrogen (secondary N) is 1. The van der Waals surface area contributed by atoms with E-state index in [1.807, 2.05) is 11.5 Å². The molecule has 3 N–H and O–H groups in total. The maximum absolute atomic E-state index is 13.6. The zero-order chi connectivity index (χ0) is 13.8. The zero-order valence-electron chi connectivity index (χ0n) is 10.6. The monoisotopic (exact) mass is 266 g/mol. The van der Waals surface area contributed by atoms with Crippen LogP contribution in [0, 0.1) is 11.6 Å². The average Bonchev–Trinajstić information content (AvgIpc) is 2.87. The predicted octanol–water partition coefficient (Wildman–Crippen LogP) is 1.93. The van der Waals surface area contributed by atoms with Crippen LogP contribution in [0.5, 0.6) is 0 Å². The molecule has 0 amide bonds. The average molecular weight is 266 g/mol. The molecule has 1 atom stereocenters. The van der Waals surface area contributed by atoms with Gasteiger partial charge in [-0.25, -0.2) is 19.2 Å². The highest BCUT2D eigenvalue weighted by molar-refractivity contribution is 5.22. The maximum Gasteiger partial charge on any atom is 0.129 e. The Morgan fingerprint density at radius 1 is 1.37 bits per heavy atom. The molecule has 6 heteroatoms. The van der Waals surface area contributed by atoms with E-state index in [1.54, 1.807) is 12.4 Å². The van der Waals surface area contributed by atoms with Gasteiger partial charge in [0.15, 0.2) is 0 Å². The van der Waals surface area contributed by atoms with Crippen LogP contribution in [0.15, 0.2) is 30.6 Å². The molecule has 2 aromatic rings. The lowest BCUT2D eigenvalue weighted by Gasteiger charge is -2.17. The number of benzene rings is 1. The summed E-state index contributed by atoms with van der Waals surface area (Å²) in [6, 6.07) is 3.36. The summed E-state index contributed by atoms with van der Waals surface area (Å²) >= 11 is 0. The van der Waals surface area contributed by atoms with Crippen LogP contribution in [0.3, 0.4) is 0 Å². The van der Waals surface area contributed by atoms with E-state index in [0.717, 1.165) is 0 Å². The second kappa shape index (κ2) is 5.90. The number of nitrogens with two attached hydrogens (primary N) is 1. The normalized spacial score (nSPS) is 12.6. The Morgan fingerprint density at radius 2 is 2.05 bits per heavy atom. The molecular weight excluding hydrogens is 250 g/mol. The molecule has 1 unspecified atom stereocenters. The van der Waals surface area contributed by atoms with Gasteiger partial charge in [-0.15, -0.1) is 0 Å². The Hall–Kier alpha value is -1.79. The Bertz CT molecular complexity index is 533. The Morgan fingerprint density at radius 3 is 2.63 bits per heavy atom. The van der Waals surface area contributed by atoms with Crippen LogP contribution in [-0.4, -0.2) is 9.55 Å². The van der Waals surface area contributed by atoms with Crippen LogP contribution >= 0.6 is 0 Å². The molecule has 1 aromatic carbocycles. The highest BCUT2D eigenvalue weighted by Crippen LogP contribution is 2.20. The molecule has 102 valence electrons. The minimum atomic E-state index is -0.574. The molecule has 0 spiro atoms. The third kappa shape index (κ3) is 2.80. The Labute approximate surface area is 110 Å².